The highest BCUT2D eigenvalue weighted by molar-refractivity contribution is 6.20. The molecule has 0 N–H and O–H groups in total. The third-order valence-corrected chi connectivity index (χ3v) is 11.0. The molecule has 0 saturated heterocycles. The van der Waals surface area contributed by atoms with E-state index in [0.717, 1.165) is 55.5 Å². The fourth-order valence-corrected chi connectivity index (χ4v) is 8.50. The monoisotopic (exact) mass is 687 g/mol. The molecule has 0 unspecified atom stereocenters. The highest BCUT2D eigenvalue weighted by Gasteiger charge is 2.21. The van der Waals surface area contributed by atoms with Crippen LogP contribution in [-0.4, -0.2) is 0 Å². The van der Waals surface area contributed by atoms with Gasteiger partial charge in [-0.1, -0.05) is 152 Å². The highest BCUT2D eigenvalue weighted by atomic mass is 16.3. The summed E-state index contributed by atoms with van der Waals surface area (Å²) in [6.45, 7) is 0. The zero-order chi connectivity index (χ0) is 35.6. The fourth-order valence-electron chi connectivity index (χ4n) is 8.50. The van der Waals surface area contributed by atoms with Crippen molar-refractivity contribution in [2.45, 2.75) is 0 Å². The smallest absolute Gasteiger partial charge is 0.143 e. The van der Waals surface area contributed by atoms with E-state index in [4.69, 9.17) is 4.42 Å². The van der Waals surface area contributed by atoms with E-state index in [1.54, 1.807) is 0 Å². The van der Waals surface area contributed by atoms with Gasteiger partial charge in [-0.25, -0.2) is 0 Å². The van der Waals surface area contributed by atoms with E-state index in [1.165, 1.54) is 48.8 Å². The third-order valence-electron chi connectivity index (χ3n) is 11.0. The van der Waals surface area contributed by atoms with Crippen LogP contribution < -0.4 is 4.90 Å². The Bertz CT molecular complexity index is 3230. The number of furan rings is 1. The van der Waals surface area contributed by atoms with E-state index in [0.29, 0.717) is 0 Å². The molecule has 2 heteroatoms. The molecule has 0 aliphatic rings. The standard InChI is InChI=1S/C52H33NO/c1-2-14-37-32-40(30-24-34(37)12-1)53(39-28-25-36(26-29-39)48-33-38-15-4-5-16-41(38)43-18-7-8-19-44(43)48)49-22-10-9-20-45(49)46-21-11-23-50-51(46)47-31-27-35-13-3-6-17-42(35)52(47)54-50/h1-33H. The number of fused-ring (bicyclic) bond motifs is 9. The minimum absolute atomic E-state index is 0.887. The number of rotatable bonds is 5. The van der Waals surface area contributed by atoms with Crippen molar-refractivity contribution >= 4 is 82.1 Å². The van der Waals surface area contributed by atoms with Gasteiger partial charge < -0.3 is 9.32 Å². The number of para-hydroxylation sites is 1. The van der Waals surface area contributed by atoms with Crippen molar-refractivity contribution in [3.05, 3.63) is 200 Å². The van der Waals surface area contributed by atoms with Crippen molar-refractivity contribution in [2.75, 3.05) is 4.90 Å². The number of hydrogen-bond donors (Lipinski definition) is 0. The molecule has 0 spiro atoms. The van der Waals surface area contributed by atoms with E-state index in [2.05, 4.69) is 205 Å². The lowest BCUT2D eigenvalue weighted by atomic mass is 9.93. The topological polar surface area (TPSA) is 16.4 Å². The Balaban J connectivity index is 1.12. The van der Waals surface area contributed by atoms with Gasteiger partial charge in [0.15, 0.2) is 0 Å². The van der Waals surface area contributed by atoms with Crippen LogP contribution in [-0.2, 0) is 0 Å². The van der Waals surface area contributed by atoms with Crippen LogP contribution in [0.15, 0.2) is 205 Å². The Morgan fingerprint density at radius 2 is 0.963 bits per heavy atom. The van der Waals surface area contributed by atoms with Crippen LogP contribution >= 0.6 is 0 Å². The van der Waals surface area contributed by atoms with Gasteiger partial charge >= 0.3 is 0 Å². The lowest BCUT2D eigenvalue weighted by molar-refractivity contribution is 0.673. The Hall–Kier alpha value is -7.16. The van der Waals surface area contributed by atoms with Gasteiger partial charge in [0.2, 0.25) is 0 Å². The molecule has 0 atom stereocenters. The summed E-state index contributed by atoms with van der Waals surface area (Å²) in [6, 6.07) is 72.3. The molecule has 11 rings (SSSR count). The zero-order valence-electron chi connectivity index (χ0n) is 29.4. The molecule has 10 aromatic carbocycles. The molecule has 0 radical (unpaired) electrons. The van der Waals surface area contributed by atoms with Crippen molar-refractivity contribution in [1.29, 1.82) is 0 Å². The summed E-state index contributed by atoms with van der Waals surface area (Å²) < 4.78 is 6.64. The van der Waals surface area contributed by atoms with Gasteiger partial charge in [-0.15, -0.1) is 0 Å². The van der Waals surface area contributed by atoms with Crippen molar-refractivity contribution in [2.24, 2.45) is 0 Å². The largest absolute Gasteiger partial charge is 0.455 e. The molecule has 0 saturated carbocycles. The van der Waals surface area contributed by atoms with Gasteiger partial charge in [0.1, 0.15) is 11.2 Å². The molecule has 0 bridgehead atoms. The minimum Gasteiger partial charge on any atom is -0.455 e. The Morgan fingerprint density at radius 3 is 1.81 bits per heavy atom. The summed E-state index contributed by atoms with van der Waals surface area (Å²) in [4.78, 5) is 2.40. The molecule has 0 aliphatic heterocycles. The van der Waals surface area contributed by atoms with E-state index in [1.807, 2.05) is 0 Å². The quantitative estimate of drug-likeness (QED) is 0.168. The van der Waals surface area contributed by atoms with E-state index in [-0.39, 0.29) is 0 Å². The first-order valence-electron chi connectivity index (χ1n) is 18.5. The Kier molecular flexibility index (Phi) is 6.90. The van der Waals surface area contributed by atoms with Crippen LogP contribution in [0.4, 0.5) is 17.1 Å². The average Bonchev–Trinajstić information content (AvgIpc) is 3.64. The van der Waals surface area contributed by atoms with Crippen LogP contribution in [0.25, 0.3) is 87.3 Å². The number of nitrogens with zero attached hydrogens (tertiary/aromatic N) is 1. The van der Waals surface area contributed by atoms with Gasteiger partial charge in [0.05, 0.1) is 5.69 Å². The van der Waals surface area contributed by atoms with Crippen LogP contribution in [0.1, 0.15) is 0 Å². The van der Waals surface area contributed by atoms with Crippen molar-refractivity contribution in [3.8, 4) is 22.3 Å². The lowest BCUT2D eigenvalue weighted by Gasteiger charge is -2.28. The van der Waals surface area contributed by atoms with Gasteiger partial charge in [-0.2, -0.15) is 0 Å². The third kappa shape index (κ3) is 4.81. The number of benzene rings is 10. The predicted octanol–water partition coefficient (Wildman–Crippen LogP) is 15.0. The lowest BCUT2D eigenvalue weighted by Crippen LogP contribution is -2.11. The summed E-state index contributed by atoms with van der Waals surface area (Å²) in [5, 5.41) is 12.0. The highest BCUT2D eigenvalue weighted by Crippen LogP contribution is 2.46. The molecular weight excluding hydrogens is 655 g/mol. The second kappa shape index (κ2) is 12.2. The predicted molar refractivity (Wildman–Crippen MR) is 229 cm³/mol. The second-order valence-electron chi connectivity index (χ2n) is 14.1. The summed E-state index contributed by atoms with van der Waals surface area (Å²) in [7, 11) is 0. The average molecular weight is 688 g/mol. The minimum atomic E-state index is 0.887. The summed E-state index contributed by atoms with van der Waals surface area (Å²) in [5.41, 5.74) is 9.79. The summed E-state index contributed by atoms with van der Waals surface area (Å²) in [5.74, 6) is 0. The van der Waals surface area contributed by atoms with Crippen LogP contribution in [0.2, 0.25) is 0 Å². The van der Waals surface area contributed by atoms with Gasteiger partial charge in [0, 0.05) is 33.1 Å². The van der Waals surface area contributed by atoms with Crippen molar-refractivity contribution in [3.63, 3.8) is 0 Å². The fraction of sp³-hybridized carbons (Fsp3) is 0. The van der Waals surface area contributed by atoms with Crippen LogP contribution in [0, 0.1) is 0 Å². The molecule has 252 valence electrons. The Morgan fingerprint density at radius 1 is 0.333 bits per heavy atom. The number of hydrogen-bond acceptors (Lipinski definition) is 2. The zero-order valence-corrected chi connectivity index (χ0v) is 29.4. The molecule has 54 heavy (non-hydrogen) atoms. The first-order chi connectivity index (χ1) is 26.8. The summed E-state index contributed by atoms with van der Waals surface area (Å²) in [6.07, 6.45) is 0. The van der Waals surface area contributed by atoms with E-state index >= 15 is 0 Å². The maximum atomic E-state index is 6.64. The second-order valence-corrected chi connectivity index (χ2v) is 14.1. The molecule has 2 nitrogen and oxygen atoms in total. The van der Waals surface area contributed by atoms with Gasteiger partial charge in [-0.05, 0) is 103 Å². The van der Waals surface area contributed by atoms with Gasteiger partial charge in [-0.3, -0.25) is 0 Å². The molecule has 0 fully saturated rings. The maximum Gasteiger partial charge on any atom is 0.143 e. The maximum absolute atomic E-state index is 6.64. The van der Waals surface area contributed by atoms with E-state index < -0.39 is 0 Å². The first-order valence-corrected chi connectivity index (χ1v) is 18.5. The Labute approximate surface area is 312 Å². The first kappa shape index (κ1) is 30.5. The van der Waals surface area contributed by atoms with Crippen molar-refractivity contribution < 1.29 is 4.42 Å². The van der Waals surface area contributed by atoms with Crippen molar-refractivity contribution in [1.82, 2.24) is 0 Å². The van der Waals surface area contributed by atoms with Crippen LogP contribution in [0.3, 0.4) is 0 Å². The SMILES string of the molecule is c1ccc(N(c2ccc(-c3cc4ccccc4c4ccccc34)cc2)c2ccc3ccccc3c2)c(-c2cccc3oc4c5ccccc5ccc4c23)c1. The molecular formula is C52H33NO. The van der Waals surface area contributed by atoms with Gasteiger partial charge in [0.25, 0.3) is 0 Å². The molecule has 1 heterocycles. The molecule has 1 aromatic heterocycles. The summed E-state index contributed by atoms with van der Waals surface area (Å²) >= 11 is 0. The van der Waals surface area contributed by atoms with E-state index in [9.17, 15) is 0 Å². The number of anilines is 3. The molecule has 0 aliphatic carbocycles. The normalized spacial score (nSPS) is 11.7. The molecule has 0 amide bonds. The molecule has 11 aromatic rings. The van der Waals surface area contributed by atoms with Crippen LogP contribution in [0.5, 0.6) is 0 Å².